The van der Waals surface area contributed by atoms with Crippen molar-refractivity contribution in [1.29, 1.82) is 0 Å². The summed E-state index contributed by atoms with van der Waals surface area (Å²) in [5, 5.41) is 13.3. The maximum atomic E-state index is 10.1. The molecule has 0 saturated carbocycles. The summed E-state index contributed by atoms with van der Waals surface area (Å²) in [5.74, 6) is 0.719. The number of nitrogens with one attached hydrogen (secondary N) is 1. The fourth-order valence-electron chi connectivity index (χ4n) is 1.42. The van der Waals surface area contributed by atoms with Gasteiger partial charge in [-0.15, -0.1) is 0 Å². The molecule has 82 valence electrons. The average Bonchev–Trinajstić information content (AvgIpc) is 2.16. The van der Waals surface area contributed by atoms with Crippen molar-refractivity contribution in [2.75, 3.05) is 13.2 Å². The highest BCUT2D eigenvalue weighted by molar-refractivity contribution is 5.10. The molecule has 0 radical (unpaired) electrons. The Morgan fingerprint density at radius 1 is 1.64 bits per heavy atom. The summed E-state index contributed by atoms with van der Waals surface area (Å²) in [4.78, 5) is 0. The van der Waals surface area contributed by atoms with Crippen molar-refractivity contribution in [3.8, 4) is 0 Å². The Kier molecular flexibility index (Phi) is 3.96. The van der Waals surface area contributed by atoms with Crippen molar-refractivity contribution >= 4 is 0 Å². The summed E-state index contributed by atoms with van der Waals surface area (Å²) in [5.41, 5.74) is -0.870. The molecule has 2 N–H and O–H groups in total. The largest absolute Gasteiger partial charge is 0.495 e. The predicted molar refractivity (Wildman–Crippen MR) is 57.0 cm³/mol. The minimum Gasteiger partial charge on any atom is -0.495 e. The number of aliphatic hydroxyl groups is 1. The van der Waals surface area contributed by atoms with Crippen LogP contribution in [0, 0.1) is 0 Å². The minimum absolute atomic E-state index is 0.380. The van der Waals surface area contributed by atoms with Crippen molar-refractivity contribution in [2.24, 2.45) is 0 Å². The smallest absolute Gasteiger partial charge is 0.131 e. The molecular formula is C11H21NO2. The number of hydrogen-bond acceptors (Lipinski definition) is 3. The first-order chi connectivity index (χ1) is 6.52. The van der Waals surface area contributed by atoms with Gasteiger partial charge in [0, 0.05) is 12.6 Å². The standard InChI is InChI=1S/C11H21NO2/c1-9(2)12-8-11(3,13)10-6-4-5-7-14-10/h6,9,12-13H,4-5,7-8H2,1-3H3. The van der Waals surface area contributed by atoms with Gasteiger partial charge in [0.15, 0.2) is 0 Å². The van der Waals surface area contributed by atoms with Gasteiger partial charge in [-0.05, 0) is 25.8 Å². The second-order valence-electron chi connectivity index (χ2n) is 4.37. The zero-order chi connectivity index (χ0) is 10.6. The van der Waals surface area contributed by atoms with Crippen LogP contribution < -0.4 is 5.32 Å². The maximum Gasteiger partial charge on any atom is 0.131 e. The zero-order valence-electron chi connectivity index (χ0n) is 9.34. The third kappa shape index (κ3) is 3.31. The molecule has 0 saturated heterocycles. The Labute approximate surface area is 86.2 Å². The lowest BCUT2D eigenvalue weighted by atomic mass is 10.0. The van der Waals surface area contributed by atoms with Gasteiger partial charge < -0.3 is 15.2 Å². The summed E-state index contributed by atoms with van der Waals surface area (Å²) < 4.78 is 5.45. The molecular weight excluding hydrogens is 178 g/mol. The van der Waals surface area contributed by atoms with Crippen molar-refractivity contribution in [3.05, 3.63) is 11.8 Å². The van der Waals surface area contributed by atoms with E-state index in [0.29, 0.717) is 12.6 Å². The van der Waals surface area contributed by atoms with Gasteiger partial charge in [0.25, 0.3) is 0 Å². The van der Waals surface area contributed by atoms with Crippen LogP contribution in [0.25, 0.3) is 0 Å². The first-order valence-corrected chi connectivity index (χ1v) is 5.31. The molecule has 0 aromatic heterocycles. The van der Waals surface area contributed by atoms with Crippen molar-refractivity contribution in [1.82, 2.24) is 5.32 Å². The average molecular weight is 199 g/mol. The van der Waals surface area contributed by atoms with Crippen LogP contribution in [-0.4, -0.2) is 29.9 Å². The van der Waals surface area contributed by atoms with E-state index in [4.69, 9.17) is 4.74 Å². The van der Waals surface area contributed by atoms with Crippen molar-refractivity contribution < 1.29 is 9.84 Å². The minimum atomic E-state index is -0.870. The number of rotatable bonds is 4. The van der Waals surface area contributed by atoms with Gasteiger partial charge in [-0.1, -0.05) is 13.8 Å². The maximum absolute atomic E-state index is 10.1. The van der Waals surface area contributed by atoms with Gasteiger partial charge in [0.05, 0.1) is 6.61 Å². The van der Waals surface area contributed by atoms with E-state index in [0.717, 1.165) is 25.2 Å². The normalized spacial score (nSPS) is 21.4. The van der Waals surface area contributed by atoms with Crippen molar-refractivity contribution in [2.45, 2.75) is 45.3 Å². The van der Waals surface area contributed by atoms with Gasteiger partial charge >= 0.3 is 0 Å². The molecule has 0 amide bonds. The van der Waals surface area contributed by atoms with Gasteiger partial charge in [-0.25, -0.2) is 0 Å². The SMILES string of the molecule is CC(C)NCC(C)(O)C1=CCCCO1. The van der Waals surface area contributed by atoms with E-state index in [1.165, 1.54) is 0 Å². The van der Waals surface area contributed by atoms with Crippen LogP contribution in [-0.2, 0) is 4.74 Å². The van der Waals surface area contributed by atoms with Crippen LogP contribution in [0.3, 0.4) is 0 Å². The Hall–Kier alpha value is -0.540. The van der Waals surface area contributed by atoms with E-state index in [-0.39, 0.29) is 0 Å². The monoisotopic (exact) mass is 199 g/mol. The van der Waals surface area contributed by atoms with E-state index in [1.54, 1.807) is 6.92 Å². The van der Waals surface area contributed by atoms with Gasteiger partial charge in [0.2, 0.25) is 0 Å². The van der Waals surface area contributed by atoms with E-state index in [1.807, 2.05) is 6.08 Å². The molecule has 0 aliphatic carbocycles. The highest BCUT2D eigenvalue weighted by Crippen LogP contribution is 2.21. The Morgan fingerprint density at radius 2 is 2.36 bits per heavy atom. The first kappa shape index (κ1) is 11.5. The van der Waals surface area contributed by atoms with Crippen LogP contribution in [0.5, 0.6) is 0 Å². The highest BCUT2D eigenvalue weighted by Gasteiger charge is 2.28. The molecule has 1 atom stereocenters. The fraction of sp³-hybridized carbons (Fsp3) is 0.818. The molecule has 3 heteroatoms. The molecule has 14 heavy (non-hydrogen) atoms. The summed E-state index contributed by atoms with van der Waals surface area (Å²) in [6.45, 7) is 7.18. The lowest BCUT2D eigenvalue weighted by Gasteiger charge is -2.29. The van der Waals surface area contributed by atoms with Crippen LogP contribution in [0.15, 0.2) is 11.8 Å². The fourth-order valence-corrected chi connectivity index (χ4v) is 1.42. The Morgan fingerprint density at radius 3 is 2.86 bits per heavy atom. The van der Waals surface area contributed by atoms with Crippen LogP contribution in [0.1, 0.15) is 33.6 Å². The van der Waals surface area contributed by atoms with E-state index in [2.05, 4.69) is 19.2 Å². The van der Waals surface area contributed by atoms with Gasteiger partial charge in [-0.2, -0.15) is 0 Å². The molecule has 1 rings (SSSR count). The summed E-state index contributed by atoms with van der Waals surface area (Å²) in [7, 11) is 0. The Balaban J connectivity index is 2.50. The number of hydrogen-bond donors (Lipinski definition) is 2. The zero-order valence-corrected chi connectivity index (χ0v) is 9.34. The number of allylic oxidation sites excluding steroid dienone is 1. The second kappa shape index (κ2) is 4.80. The molecule has 1 unspecified atom stereocenters. The van der Waals surface area contributed by atoms with Gasteiger partial charge in [0.1, 0.15) is 11.4 Å². The lowest BCUT2D eigenvalue weighted by molar-refractivity contribution is 0.0174. The highest BCUT2D eigenvalue weighted by atomic mass is 16.5. The molecule has 0 aromatic carbocycles. The predicted octanol–water partition coefficient (Wildman–Crippen LogP) is 1.43. The molecule has 1 heterocycles. The molecule has 1 aliphatic rings. The summed E-state index contributed by atoms with van der Waals surface area (Å²) in [6, 6.07) is 0.380. The molecule has 3 nitrogen and oxygen atoms in total. The first-order valence-electron chi connectivity index (χ1n) is 5.31. The van der Waals surface area contributed by atoms with E-state index < -0.39 is 5.60 Å². The topological polar surface area (TPSA) is 41.5 Å². The molecule has 0 spiro atoms. The molecule has 0 aromatic rings. The molecule has 0 bridgehead atoms. The molecule has 1 aliphatic heterocycles. The lowest BCUT2D eigenvalue weighted by Crippen LogP contribution is -2.43. The van der Waals surface area contributed by atoms with Gasteiger partial charge in [-0.3, -0.25) is 0 Å². The quantitative estimate of drug-likeness (QED) is 0.719. The second-order valence-corrected chi connectivity index (χ2v) is 4.37. The van der Waals surface area contributed by atoms with E-state index in [9.17, 15) is 5.11 Å². The van der Waals surface area contributed by atoms with Crippen LogP contribution in [0.2, 0.25) is 0 Å². The number of ether oxygens (including phenoxy) is 1. The third-order valence-electron chi connectivity index (χ3n) is 2.32. The van der Waals surface area contributed by atoms with E-state index >= 15 is 0 Å². The van der Waals surface area contributed by atoms with Crippen molar-refractivity contribution in [3.63, 3.8) is 0 Å². The Bertz CT molecular complexity index is 209. The van der Waals surface area contributed by atoms with Crippen LogP contribution >= 0.6 is 0 Å². The van der Waals surface area contributed by atoms with Crippen LogP contribution in [0.4, 0.5) is 0 Å². The summed E-state index contributed by atoms with van der Waals surface area (Å²) in [6.07, 6.45) is 4.05. The summed E-state index contributed by atoms with van der Waals surface area (Å²) >= 11 is 0. The third-order valence-corrected chi connectivity index (χ3v) is 2.32. The molecule has 0 fully saturated rings.